The second-order valence-corrected chi connectivity index (χ2v) is 6.06. The van der Waals surface area contributed by atoms with Gasteiger partial charge < -0.3 is 10.1 Å². The van der Waals surface area contributed by atoms with Crippen molar-refractivity contribution in [1.82, 2.24) is 5.32 Å². The van der Waals surface area contributed by atoms with Gasteiger partial charge >= 0.3 is 5.97 Å². The van der Waals surface area contributed by atoms with E-state index in [-0.39, 0.29) is 11.6 Å². The molecule has 1 unspecified atom stereocenters. The van der Waals surface area contributed by atoms with E-state index in [4.69, 9.17) is 33.2 Å². The fourth-order valence-electron chi connectivity index (χ4n) is 2.11. The van der Waals surface area contributed by atoms with Crippen LogP contribution in [0.5, 0.6) is 0 Å². The number of nitrogens with zero attached hydrogens (tertiary/aromatic N) is 1. The van der Waals surface area contributed by atoms with Gasteiger partial charge in [-0.05, 0) is 48.9 Å². The number of esters is 1. The fraction of sp³-hybridized carbons (Fsp3) is 0.167. The molecule has 0 fully saturated rings. The topological polar surface area (TPSA) is 79.2 Å². The van der Waals surface area contributed by atoms with Crippen molar-refractivity contribution in [3.63, 3.8) is 0 Å². The predicted octanol–water partition coefficient (Wildman–Crippen LogP) is 3.90. The summed E-state index contributed by atoms with van der Waals surface area (Å²) in [5, 5.41) is 12.4. The van der Waals surface area contributed by atoms with Gasteiger partial charge in [0.05, 0.1) is 23.2 Å². The molecule has 2 aromatic rings. The predicted molar refractivity (Wildman–Crippen MR) is 94.5 cm³/mol. The Hall–Kier alpha value is -2.55. The zero-order valence-electron chi connectivity index (χ0n) is 13.3. The maximum absolute atomic E-state index is 11.9. The van der Waals surface area contributed by atoms with Gasteiger partial charge in [0.2, 0.25) is 0 Å². The SMILES string of the molecule is CC(NC(=O)COC(=O)c1ccc(C#N)cc1)c1ccc(Cl)cc1Cl. The zero-order valence-corrected chi connectivity index (χ0v) is 14.8. The first-order valence-corrected chi connectivity index (χ1v) is 8.08. The van der Waals surface area contributed by atoms with Gasteiger partial charge in [0.25, 0.3) is 5.91 Å². The molecule has 0 aliphatic carbocycles. The van der Waals surface area contributed by atoms with E-state index < -0.39 is 18.5 Å². The van der Waals surface area contributed by atoms with Crippen molar-refractivity contribution in [2.45, 2.75) is 13.0 Å². The molecule has 0 aliphatic rings. The molecule has 1 amide bonds. The molecule has 7 heteroatoms. The normalized spacial score (nSPS) is 11.3. The van der Waals surface area contributed by atoms with Crippen molar-refractivity contribution in [1.29, 1.82) is 5.26 Å². The van der Waals surface area contributed by atoms with Crippen LogP contribution in [0.1, 0.15) is 34.5 Å². The first kappa shape index (κ1) is 18.8. The molecule has 2 aromatic carbocycles. The van der Waals surface area contributed by atoms with Gasteiger partial charge in [-0.2, -0.15) is 5.26 Å². The number of benzene rings is 2. The van der Waals surface area contributed by atoms with Crippen LogP contribution in [-0.2, 0) is 9.53 Å². The highest BCUT2D eigenvalue weighted by molar-refractivity contribution is 6.35. The summed E-state index contributed by atoms with van der Waals surface area (Å²) >= 11 is 11.9. The second-order valence-electron chi connectivity index (χ2n) is 5.22. The molecule has 0 heterocycles. The summed E-state index contributed by atoms with van der Waals surface area (Å²) in [6.07, 6.45) is 0. The Morgan fingerprint density at radius 1 is 1.20 bits per heavy atom. The smallest absolute Gasteiger partial charge is 0.338 e. The summed E-state index contributed by atoms with van der Waals surface area (Å²) in [5.74, 6) is -1.10. The molecule has 0 bridgehead atoms. The maximum atomic E-state index is 11.9. The van der Waals surface area contributed by atoms with Crippen molar-refractivity contribution in [2.24, 2.45) is 0 Å². The van der Waals surface area contributed by atoms with E-state index in [0.717, 1.165) is 0 Å². The molecule has 0 aromatic heterocycles. The van der Waals surface area contributed by atoms with E-state index in [1.54, 1.807) is 25.1 Å². The Morgan fingerprint density at radius 2 is 1.88 bits per heavy atom. The van der Waals surface area contributed by atoms with Crippen LogP contribution in [0.25, 0.3) is 0 Å². The van der Waals surface area contributed by atoms with Crippen molar-refractivity contribution in [3.8, 4) is 6.07 Å². The first-order chi connectivity index (χ1) is 11.9. The Labute approximate surface area is 155 Å². The second kappa shape index (κ2) is 8.52. The van der Waals surface area contributed by atoms with Gasteiger partial charge in [0.15, 0.2) is 6.61 Å². The fourth-order valence-corrected chi connectivity index (χ4v) is 2.68. The first-order valence-electron chi connectivity index (χ1n) is 7.32. The van der Waals surface area contributed by atoms with Crippen molar-refractivity contribution >= 4 is 35.1 Å². The number of hydrogen-bond acceptors (Lipinski definition) is 4. The van der Waals surface area contributed by atoms with Crippen LogP contribution >= 0.6 is 23.2 Å². The standard InChI is InChI=1S/C18H14Cl2N2O3/c1-11(15-7-6-14(19)8-16(15)20)22-17(23)10-25-18(24)13-4-2-12(9-21)3-5-13/h2-8,11H,10H2,1H3,(H,22,23). The van der Waals surface area contributed by atoms with E-state index in [1.807, 2.05) is 6.07 Å². The molecular formula is C18H14Cl2N2O3. The average Bonchev–Trinajstić information content (AvgIpc) is 2.59. The minimum atomic E-state index is -0.642. The maximum Gasteiger partial charge on any atom is 0.338 e. The molecule has 0 aliphatic heterocycles. The van der Waals surface area contributed by atoms with Gasteiger partial charge in [-0.25, -0.2) is 4.79 Å². The largest absolute Gasteiger partial charge is 0.452 e. The number of amides is 1. The van der Waals surface area contributed by atoms with Crippen LogP contribution < -0.4 is 5.32 Å². The van der Waals surface area contributed by atoms with Crippen LogP contribution in [0.3, 0.4) is 0 Å². The van der Waals surface area contributed by atoms with E-state index in [9.17, 15) is 9.59 Å². The molecular weight excluding hydrogens is 363 g/mol. The lowest BCUT2D eigenvalue weighted by Crippen LogP contribution is -2.31. The quantitative estimate of drug-likeness (QED) is 0.802. The lowest BCUT2D eigenvalue weighted by atomic mass is 10.1. The van der Waals surface area contributed by atoms with Crippen LogP contribution in [0.4, 0.5) is 0 Å². The Kier molecular flexibility index (Phi) is 6.40. The van der Waals surface area contributed by atoms with E-state index >= 15 is 0 Å². The van der Waals surface area contributed by atoms with Crippen LogP contribution in [-0.4, -0.2) is 18.5 Å². The number of nitriles is 1. The van der Waals surface area contributed by atoms with Crippen molar-refractivity contribution < 1.29 is 14.3 Å². The summed E-state index contributed by atoms with van der Waals surface area (Å²) in [6.45, 7) is 1.34. The van der Waals surface area contributed by atoms with Crippen molar-refractivity contribution in [2.75, 3.05) is 6.61 Å². The van der Waals surface area contributed by atoms with Crippen LogP contribution in [0.2, 0.25) is 10.0 Å². The molecule has 128 valence electrons. The third kappa shape index (κ3) is 5.21. The Balaban J connectivity index is 1.89. The molecule has 5 nitrogen and oxygen atoms in total. The van der Waals surface area contributed by atoms with Gasteiger partial charge in [0.1, 0.15) is 0 Å². The van der Waals surface area contributed by atoms with Gasteiger partial charge in [-0.15, -0.1) is 0 Å². The van der Waals surface area contributed by atoms with E-state index in [2.05, 4.69) is 5.32 Å². The Bertz CT molecular complexity index is 829. The van der Waals surface area contributed by atoms with Gasteiger partial charge in [-0.3, -0.25) is 4.79 Å². The van der Waals surface area contributed by atoms with Crippen LogP contribution in [0.15, 0.2) is 42.5 Å². The lowest BCUT2D eigenvalue weighted by Gasteiger charge is -2.16. The molecule has 0 radical (unpaired) electrons. The highest BCUT2D eigenvalue weighted by Crippen LogP contribution is 2.25. The third-order valence-electron chi connectivity index (χ3n) is 3.39. The highest BCUT2D eigenvalue weighted by Gasteiger charge is 2.15. The van der Waals surface area contributed by atoms with Gasteiger partial charge in [0, 0.05) is 10.0 Å². The molecule has 0 spiro atoms. The van der Waals surface area contributed by atoms with Crippen molar-refractivity contribution in [3.05, 3.63) is 69.2 Å². The molecule has 1 N–H and O–H groups in total. The number of carbonyl (C=O) groups is 2. The summed E-state index contributed by atoms with van der Waals surface area (Å²) < 4.78 is 4.96. The highest BCUT2D eigenvalue weighted by atomic mass is 35.5. The van der Waals surface area contributed by atoms with E-state index in [0.29, 0.717) is 21.2 Å². The summed E-state index contributed by atoms with van der Waals surface area (Å²) in [6, 6.07) is 12.5. The summed E-state index contributed by atoms with van der Waals surface area (Å²) in [5.41, 5.74) is 1.40. The van der Waals surface area contributed by atoms with Crippen LogP contribution in [0, 0.1) is 11.3 Å². The van der Waals surface area contributed by atoms with Gasteiger partial charge in [-0.1, -0.05) is 29.3 Å². The average molecular weight is 377 g/mol. The minimum absolute atomic E-state index is 0.264. The molecule has 1 atom stereocenters. The number of rotatable bonds is 5. The number of carbonyl (C=O) groups excluding carboxylic acids is 2. The summed E-state index contributed by atoms with van der Waals surface area (Å²) in [7, 11) is 0. The zero-order chi connectivity index (χ0) is 18.4. The number of ether oxygens (including phenoxy) is 1. The lowest BCUT2D eigenvalue weighted by molar-refractivity contribution is -0.124. The molecule has 2 rings (SSSR count). The molecule has 0 saturated heterocycles. The minimum Gasteiger partial charge on any atom is -0.452 e. The monoisotopic (exact) mass is 376 g/mol. The third-order valence-corrected chi connectivity index (χ3v) is 3.95. The summed E-state index contributed by atoms with van der Waals surface area (Å²) in [4.78, 5) is 23.8. The Morgan fingerprint density at radius 3 is 2.48 bits per heavy atom. The number of hydrogen-bond donors (Lipinski definition) is 1. The molecule has 0 saturated carbocycles. The van der Waals surface area contributed by atoms with E-state index in [1.165, 1.54) is 24.3 Å². The number of halogens is 2. The molecule has 25 heavy (non-hydrogen) atoms. The number of nitrogens with one attached hydrogen (secondary N) is 1.